The van der Waals surface area contributed by atoms with Crippen LogP contribution in [-0.2, 0) is 29.1 Å². The van der Waals surface area contributed by atoms with Gasteiger partial charge in [-0.2, -0.15) is 4.98 Å². The van der Waals surface area contributed by atoms with Gasteiger partial charge in [-0.1, -0.05) is 53.5 Å². The number of aliphatic carboxylic acids is 2. The number of carbonyl (C=O) groups is 3. The zero-order valence-corrected chi connectivity index (χ0v) is 30.0. The van der Waals surface area contributed by atoms with Crippen LogP contribution in [0.1, 0.15) is 58.1 Å². The van der Waals surface area contributed by atoms with Crippen molar-refractivity contribution < 1.29 is 44.3 Å². The normalized spacial score (nSPS) is 14.6. The van der Waals surface area contributed by atoms with Crippen molar-refractivity contribution in [2.45, 2.75) is 57.1 Å². The first-order valence-electron chi connectivity index (χ1n) is 16.6. The van der Waals surface area contributed by atoms with E-state index in [1.165, 1.54) is 19.5 Å². The zero-order chi connectivity index (χ0) is 38.1. The number of ether oxygens (including phenoxy) is 2. The molecule has 17 heteroatoms. The zero-order valence-electron chi connectivity index (χ0n) is 28.5. The fraction of sp³-hybridized carbons (Fsp3) is 0.333. The number of methoxy groups -OCH3 is 1. The maximum atomic E-state index is 13.3. The van der Waals surface area contributed by atoms with Crippen molar-refractivity contribution >= 4 is 46.9 Å². The predicted molar refractivity (Wildman–Crippen MR) is 194 cm³/mol. The number of carboxylic acids is 2. The third-order valence-corrected chi connectivity index (χ3v) is 9.01. The van der Waals surface area contributed by atoms with E-state index in [1.807, 2.05) is 24.3 Å². The molecule has 4 aromatic rings. The van der Waals surface area contributed by atoms with E-state index < -0.39 is 30.1 Å². The lowest BCUT2D eigenvalue weighted by Crippen LogP contribution is -2.28. The van der Waals surface area contributed by atoms with Gasteiger partial charge in [-0.3, -0.25) is 19.4 Å². The molecule has 2 heterocycles. The number of halogens is 2. The van der Waals surface area contributed by atoms with E-state index in [1.54, 1.807) is 18.2 Å². The van der Waals surface area contributed by atoms with Gasteiger partial charge in [-0.15, -0.1) is 0 Å². The first-order chi connectivity index (χ1) is 25.4. The highest BCUT2D eigenvalue weighted by atomic mass is 35.5. The van der Waals surface area contributed by atoms with Crippen molar-refractivity contribution in [2.75, 3.05) is 25.5 Å². The molecule has 0 saturated carbocycles. The van der Waals surface area contributed by atoms with Gasteiger partial charge in [0, 0.05) is 37.3 Å². The molecule has 1 amide bonds. The van der Waals surface area contributed by atoms with E-state index in [0.29, 0.717) is 29.7 Å². The number of nitrogens with zero attached hydrogens (tertiary/aromatic N) is 3. The maximum Gasteiger partial charge on any atom is 0.306 e. The summed E-state index contributed by atoms with van der Waals surface area (Å²) in [6.45, 7) is 0.592. The van der Waals surface area contributed by atoms with Gasteiger partial charge < -0.3 is 45.9 Å². The summed E-state index contributed by atoms with van der Waals surface area (Å²) in [5.74, 6) is -2.02. The lowest BCUT2D eigenvalue weighted by Gasteiger charge is -2.18. The minimum atomic E-state index is -1.10. The SMILES string of the molecule is COc1nc(O[C@H]2CCc3c(-c4cccc(C(=O)Nc5cnc(CNC[C@@H](O)CC(=O)O)cn5)c4Cl)cccc32)c(Cl)cc1CNC[C@@H](O)CC(=O)O. The predicted octanol–water partition coefficient (Wildman–Crippen LogP) is 4.02. The Hall–Kier alpha value is -4.90. The molecule has 0 saturated heterocycles. The number of carboxylic acid groups (broad SMARTS) is 2. The van der Waals surface area contributed by atoms with Crippen LogP contribution in [-0.4, -0.2) is 85.6 Å². The number of benzene rings is 2. The number of aliphatic hydroxyl groups is 2. The third kappa shape index (κ3) is 10.4. The average molecular weight is 770 g/mol. The lowest BCUT2D eigenvalue weighted by atomic mass is 9.95. The molecule has 280 valence electrons. The van der Waals surface area contributed by atoms with Gasteiger partial charge >= 0.3 is 11.9 Å². The number of rotatable bonds is 18. The van der Waals surface area contributed by atoms with E-state index in [0.717, 1.165) is 16.7 Å². The highest BCUT2D eigenvalue weighted by molar-refractivity contribution is 6.37. The molecule has 0 spiro atoms. The van der Waals surface area contributed by atoms with Crippen LogP contribution in [0.25, 0.3) is 11.1 Å². The monoisotopic (exact) mass is 768 g/mol. The van der Waals surface area contributed by atoms with Crippen LogP contribution in [0.2, 0.25) is 10.0 Å². The Bertz CT molecular complexity index is 1950. The van der Waals surface area contributed by atoms with Crippen LogP contribution in [0.15, 0.2) is 54.9 Å². The number of hydrogen-bond donors (Lipinski definition) is 7. The van der Waals surface area contributed by atoms with E-state index in [-0.39, 0.29) is 78.3 Å². The van der Waals surface area contributed by atoms with Gasteiger partial charge in [0.05, 0.1) is 60.8 Å². The second-order valence-electron chi connectivity index (χ2n) is 12.2. The number of aliphatic hydroxyl groups excluding tert-OH is 2. The van der Waals surface area contributed by atoms with Crippen LogP contribution in [0.4, 0.5) is 5.82 Å². The van der Waals surface area contributed by atoms with Crippen molar-refractivity contribution in [3.63, 3.8) is 0 Å². The molecule has 53 heavy (non-hydrogen) atoms. The Kier molecular flexibility index (Phi) is 13.5. The largest absolute Gasteiger partial charge is 0.481 e. The Labute approximate surface area is 314 Å². The Balaban J connectivity index is 1.25. The first-order valence-corrected chi connectivity index (χ1v) is 17.3. The number of fused-ring (bicyclic) bond motifs is 1. The highest BCUT2D eigenvalue weighted by Gasteiger charge is 2.29. The van der Waals surface area contributed by atoms with Gasteiger partial charge in [-0.25, -0.2) is 4.98 Å². The molecule has 15 nitrogen and oxygen atoms in total. The Morgan fingerprint density at radius 3 is 2.25 bits per heavy atom. The van der Waals surface area contributed by atoms with Crippen molar-refractivity contribution in [1.29, 1.82) is 0 Å². The second kappa shape index (κ2) is 18.2. The molecule has 7 N–H and O–H groups in total. The number of anilines is 1. The quantitative estimate of drug-likeness (QED) is 0.0759. The van der Waals surface area contributed by atoms with E-state index in [9.17, 15) is 24.6 Å². The van der Waals surface area contributed by atoms with Gasteiger partial charge in [-0.05, 0) is 41.7 Å². The summed E-state index contributed by atoms with van der Waals surface area (Å²) in [4.78, 5) is 47.8. The summed E-state index contributed by atoms with van der Waals surface area (Å²) in [6, 6.07) is 12.6. The number of carbonyl (C=O) groups excluding carboxylic acids is 1. The molecule has 1 aliphatic carbocycles. The second-order valence-corrected chi connectivity index (χ2v) is 13.0. The molecule has 2 aromatic heterocycles. The summed E-state index contributed by atoms with van der Waals surface area (Å²) in [5.41, 5.74) is 4.81. The molecule has 1 aliphatic rings. The van der Waals surface area contributed by atoms with Gasteiger partial charge in [0.2, 0.25) is 11.8 Å². The molecular formula is C36H38Cl2N6O9. The molecule has 0 unspecified atom stereocenters. The van der Waals surface area contributed by atoms with Gasteiger partial charge in [0.25, 0.3) is 5.91 Å². The van der Waals surface area contributed by atoms with Crippen LogP contribution in [0.5, 0.6) is 11.8 Å². The van der Waals surface area contributed by atoms with E-state index in [2.05, 4.69) is 30.9 Å². The average Bonchev–Trinajstić information content (AvgIpc) is 3.52. The molecule has 3 atom stereocenters. The third-order valence-electron chi connectivity index (χ3n) is 8.33. The fourth-order valence-electron chi connectivity index (χ4n) is 5.90. The molecule has 0 bridgehead atoms. The number of pyridine rings is 1. The van der Waals surface area contributed by atoms with Gasteiger partial charge in [0.1, 0.15) is 11.1 Å². The van der Waals surface area contributed by atoms with E-state index >= 15 is 0 Å². The topological polar surface area (TPSA) is 225 Å². The molecular weight excluding hydrogens is 731 g/mol. The number of aromatic nitrogens is 3. The van der Waals surface area contributed by atoms with Crippen LogP contribution in [0, 0.1) is 0 Å². The first kappa shape index (κ1) is 39.3. The molecule has 2 aromatic carbocycles. The standard InChI is InChI=1S/C36H38Cl2N6O9/c1-52-35-19(13-39-16-21(45)11-31(47)48)10-28(37)36(44-35)53-29-9-8-24-23(4-2-5-25(24)29)26-6-3-7-27(33(26)38)34(51)43-30-18-41-20(15-42-30)14-40-17-22(46)12-32(49)50/h2-7,10,15,18,21-22,29,39-40,45-46H,8-9,11-14,16-17H2,1H3,(H,47,48)(H,49,50)(H,42,43,51)/t21-,22-,29-/m0/s1. The van der Waals surface area contributed by atoms with Crippen molar-refractivity contribution in [1.82, 2.24) is 25.6 Å². The summed E-state index contributed by atoms with van der Waals surface area (Å²) in [6.07, 6.45) is 0.913. The Morgan fingerprint density at radius 2 is 1.58 bits per heavy atom. The van der Waals surface area contributed by atoms with Gasteiger partial charge in [0.15, 0.2) is 5.82 Å². The molecule has 5 rings (SSSR count). The number of nitrogens with one attached hydrogen (secondary N) is 3. The van der Waals surface area contributed by atoms with Crippen molar-refractivity contribution in [3.8, 4) is 22.9 Å². The maximum absolute atomic E-state index is 13.3. The number of amides is 1. The number of hydrogen-bond acceptors (Lipinski definition) is 12. The van der Waals surface area contributed by atoms with Crippen molar-refractivity contribution in [2.24, 2.45) is 0 Å². The van der Waals surface area contributed by atoms with Crippen molar-refractivity contribution in [3.05, 3.63) is 92.9 Å². The fourth-order valence-corrected chi connectivity index (χ4v) is 6.44. The minimum absolute atomic E-state index is 0.0547. The van der Waals surface area contributed by atoms with Crippen LogP contribution >= 0.6 is 23.2 Å². The molecule has 0 fully saturated rings. The van der Waals surface area contributed by atoms with E-state index in [4.69, 9.17) is 42.9 Å². The highest BCUT2D eigenvalue weighted by Crippen LogP contribution is 2.43. The molecule has 0 radical (unpaired) electrons. The lowest BCUT2D eigenvalue weighted by molar-refractivity contribution is -0.140. The van der Waals surface area contributed by atoms with Crippen LogP contribution in [0.3, 0.4) is 0 Å². The Morgan fingerprint density at radius 1 is 0.906 bits per heavy atom. The smallest absolute Gasteiger partial charge is 0.306 e. The molecule has 0 aliphatic heterocycles. The summed E-state index contributed by atoms with van der Waals surface area (Å²) >= 11 is 13.5. The van der Waals surface area contributed by atoms with Crippen LogP contribution < -0.4 is 25.4 Å². The summed E-state index contributed by atoms with van der Waals surface area (Å²) in [7, 11) is 1.46. The summed E-state index contributed by atoms with van der Waals surface area (Å²) < 4.78 is 11.8. The summed E-state index contributed by atoms with van der Waals surface area (Å²) in [5, 5.41) is 46.2. The minimum Gasteiger partial charge on any atom is -0.481 e.